The van der Waals surface area contributed by atoms with Gasteiger partial charge in [-0.3, -0.25) is 4.79 Å². The summed E-state index contributed by atoms with van der Waals surface area (Å²) >= 11 is 0. The molecule has 6 heteroatoms. The second kappa shape index (κ2) is 6.27. The third-order valence-electron chi connectivity index (χ3n) is 2.11. The molecule has 0 aromatic heterocycles. The van der Waals surface area contributed by atoms with Crippen molar-refractivity contribution in [1.29, 1.82) is 0 Å². The minimum Gasteiger partial charge on any atom is -0.423 e. The lowest BCUT2D eigenvalue weighted by molar-refractivity contribution is 0.0954. The molecule has 5 nitrogen and oxygen atoms in total. The standard InChI is InChI=1S/C10H15BN2O3/c1-12-5-6-13-10(14)8-3-2-4-9(7-8)11(15)16/h2-4,7,12,15-16H,5-6H2,1H3,(H,13,14). The molecule has 0 radical (unpaired) electrons. The summed E-state index contributed by atoms with van der Waals surface area (Å²) in [6.07, 6.45) is 0. The second-order valence-corrected chi connectivity index (χ2v) is 3.36. The van der Waals surface area contributed by atoms with Gasteiger partial charge in [0.15, 0.2) is 0 Å². The van der Waals surface area contributed by atoms with Crippen molar-refractivity contribution in [2.75, 3.05) is 20.1 Å². The molecule has 0 aliphatic rings. The molecule has 0 spiro atoms. The predicted molar refractivity (Wildman–Crippen MR) is 62.5 cm³/mol. The van der Waals surface area contributed by atoms with Gasteiger partial charge in [-0.05, 0) is 24.6 Å². The zero-order valence-electron chi connectivity index (χ0n) is 9.10. The van der Waals surface area contributed by atoms with Crippen molar-refractivity contribution in [2.24, 2.45) is 0 Å². The van der Waals surface area contributed by atoms with Crippen molar-refractivity contribution in [3.05, 3.63) is 29.8 Å². The normalized spacial score (nSPS) is 9.94. The van der Waals surface area contributed by atoms with E-state index in [1.807, 2.05) is 0 Å². The number of hydrogen-bond donors (Lipinski definition) is 4. The largest absolute Gasteiger partial charge is 0.488 e. The van der Waals surface area contributed by atoms with Gasteiger partial charge in [0.2, 0.25) is 0 Å². The highest BCUT2D eigenvalue weighted by Crippen LogP contribution is 1.96. The average molecular weight is 222 g/mol. The Hall–Kier alpha value is -1.37. The molecule has 16 heavy (non-hydrogen) atoms. The number of amides is 1. The van der Waals surface area contributed by atoms with Gasteiger partial charge in [0.1, 0.15) is 0 Å². The Balaban J connectivity index is 2.64. The molecule has 1 aromatic rings. The van der Waals surface area contributed by atoms with E-state index in [0.717, 1.165) is 0 Å². The molecule has 0 atom stereocenters. The van der Waals surface area contributed by atoms with Crippen LogP contribution in [-0.2, 0) is 0 Å². The summed E-state index contributed by atoms with van der Waals surface area (Å²) in [5.41, 5.74) is 0.725. The van der Waals surface area contributed by atoms with Crippen LogP contribution in [0.2, 0.25) is 0 Å². The summed E-state index contributed by atoms with van der Waals surface area (Å²) in [4.78, 5) is 11.6. The molecule has 1 amide bonds. The first kappa shape index (κ1) is 12.7. The van der Waals surface area contributed by atoms with Crippen molar-refractivity contribution >= 4 is 18.5 Å². The number of likely N-dealkylation sites (N-methyl/N-ethyl adjacent to an activating group) is 1. The van der Waals surface area contributed by atoms with E-state index < -0.39 is 7.12 Å². The summed E-state index contributed by atoms with van der Waals surface area (Å²) in [6, 6.07) is 6.25. The predicted octanol–water partition coefficient (Wildman–Crippen LogP) is -1.68. The number of carbonyl (C=O) groups is 1. The maximum atomic E-state index is 11.6. The van der Waals surface area contributed by atoms with Crippen LogP contribution in [0.3, 0.4) is 0 Å². The van der Waals surface area contributed by atoms with Gasteiger partial charge in [-0.15, -0.1) is 0 Å². The molecule has 0 saturated heterocycles. The molecule has 0 unspecified atom stereocenters. The Morgan fingerprint density at radius 2 is 2.12 bits per heavy atom. The van der Waals surface area contributed by atoms with Gasteiger partial charge in [0, 0.05) is 18.7 Å². The van der Waals surface area contributed by atoms with Crippen LogP contribution in [0.25, 0.3) is 0 Å². The first-order valence-corrected chi connectivity index (χ1v) is 5.04. The Morgan fingerprint density at radius 3 is 2.75 bits per heavy atom. The maximum Gasteiger partial charge on any atom is 0.488 e. The highest BCUT2D eigenvalue weighted by molar-refractivity contribution is 6.58. The van der Waals surface area contributed by atoms with Crippen LogP contribution < -0.4 is 16.1 Å². The highest BCUT2D eigenvalue weighted by atomic mass is 16.4. The molecule has 0 aliphatic heterocycles. The minimum absolute atomic E-state index is 0.224. The zero-order valence-corrected chi connectivity index (χ0v) is 9.10. The van der Waals surface area contributed by atoms with Gasteiger partial charge in [0.05, 0.1) is 0 Å². The quantitative estimate of drug-likeness (QED) is 0.354. The van der Waals surface area contributed by atoms with Crippen LogP contribution in [0.4, 0.5) is 0 Å². The van der Waals surface area contributed by atoms with Crippen LogP contribution in [0.1, 0.15) is 10.4 Å². The zero-order chi connectivity index (χ0) is 12.0. The molecule has 1 rings (SSSR count). The summed E-state index contributed by atoms with van der Waals surface area (Å²) in [5, 5.41) is 23.5. The van der Waals surface area contributed by atoms with Gasteiger partial charge in [-0.1, -0.05) is 12.1 Å². The number of carbonyl (C=O) groups excluding carboxylic acids is 1. The van der Waals surface area contributed by atoms with Gasteiger partial charge in [-0.25, -0.2) is 0 Å². The number of hydrogen-bond acceptors (Lipinski definition) is 4. The fourth-order valence-electron chi connectivity index (χ4n) is 1.24. The van der Waals surface area contributed by atoms with Crippen molar-refractivity contribution in [3.8, 4) is 0 Å². The lowest BCUT2D eigenvalue weighted by Crippen LogP contribution is -2.33. The van der Waals surface area contributed by atoms with Crippen LogP contribution in [-0.4, -0.2) is 43.2 Å². The van der Waals surface area contributed by atoms with E-state index in [0.29, 0.717) is 24.1 Å². The van der Waals surface area contributed by atoms with Crippen LogP contribution in [0, 0.1) is 0 Å². The average Bonchev–Trinajstić information content (AvgIpc) is 2.29. The van der Waals surface area contributed by atoms with E-state index in [1.54, 1.807) is 25.2 Å². The number of rotatable bonds is 5. The monoisotopic (exact) mass is 222 g/mol. The molecule has 4 N–H and O–H groups in total. The molecule has 0 aliphatic carbocycles. The summed E-state index contributed by atoms with van der Waals surface area (Å²) in [7, 11) is 0.250. The van der Waals surface area contributed by atoms with Crippen LogP contribution in [0.15, 0.2) is 24.3 Å². The van der Waals surface area contributed by atoms with E-state index in [-0.39, 0.29) is 5.91 Å². The minimum atomic E-state index is -1.55. The molecule has 0 saturated carbocycles. The Labute approximate surface area is 94.6 Å². The van der Waals surface area contributed by atoms with Crippen molar-refractivity contribution < 1.29 is 14.8 Å². The molecule has 0 bridgehead atoms. The molecule has 86 valence electrons. The molecular weight excluding hydrogens is 207 g/mol. The molecule has 1 aromatic carbocycles. The molecule has 0 heterocycles. The number of nitrogens with one attached hydrogen (secondary N) is 2. The SMILES string of the molecule is CNCCNC(=O)c1cccc(B(O)O)c1. The van der Waals surface area contributed by atoms with Gasteiger partial charge in [0.25, 0.3) is 5.91 Å². The molecule has 0 fully saturated rings. The van der Waals surface area contributed by atoms with E-state index >= 15 is 0 Å². The Morgan fingerprint density at radius 1 is 1.38 bits per heavy atom. The van der Waals surface area contributed by atoms with Crippen LogP contribution >= 0.6 is 0 Å². The van der Waals surface area contributed by atoms with Gasteiger partial charge < -0.3 is 20.7 Å². The topological polar surface area (TPSA) is 81.6 Å². The fraction of sp³-hybridized carbons (Fsp3) is 0.300. The van der Waals surface area contributed by atoms with E-state index in [9.17, 15) is 4.79 Å². The third-order valence-corrected chi connectivity index (χ3v) is 2.11. The van der Waals surface area contributed by atoms with Gasteiger partial charge >= 0.3 is 7.12 Å². The van der Waals surface area contributed by atoms with E-state index in [1.165, 1.54) is 6.07 Å². The van der Waals surface area contributed by atoms with Gasteiger partial charge in [-0.2, -0.15) is 0 Å². The van der Waals surface area contributed by atoms with Crippen molar-refractivity contribution in [1.82, 2.24) is 10.6 Å². The van der Waals surface area contributed by atoms with Crippen LogP contribution in [0.5, 0.6) is 0 Å². The first-order chi connectivity index (χ1) is 7.65. The first-order valence-electron chi connectivity index (χ1n) is 5.04. The summed E-state index contributed by atoms with van der Waals surface area (Å²) in [5.74, 6) is -0.224. The Bertz CT molecular complexity index is 358. The fourth-order valence-corrected chi connectivity index (χ4v) is 1.24. The lowest BCUT2D eigenvalue weighted by Gasteiger charge is -2.06. The van der Waals surface area contributed by atoms with E-state index in [4.69, 9.17) is 10.0 Å². The van der Waals surface area contributed by atoms with Crippen molar-refractivity contribution in [3.63, 3.8) is 0 Å². The summed E-state index contributed by atoms with van der Waals surface area (Å²) < 4.78 is 0. The highest BCUT2D eigenvalue weighted by Gasteiger charge is 2.13. The lowest BCUT2D eigenvalue weighted by atomic mass is 9.79. The summed E-state index contributed by atoms with van der Waals surface area (Å²) in [6.45, 7) is 1.22. The smallest absolute Gasteiger partial charge is 0.423 e. The van der Waals surface area contributed by atoms with Crippen molar-refractivity contribution in [2.45, 2.75) is 0 Å². The van der Waals surface area contributed by atoms with E-state index in [2.05, 4.69) is 10.6 Å². The molecular formula is C10H15BN2O3. The second-order valence-electron chi connectivity index (χ2n) is 3.36. The Kier molecular flexibility index (Phi) is 4.98. The third kappa shape index (κ3) is 3.65. The number of benzene rings is 1. The maximum absolute atomic E-state index is 11.6.